The molecule has 110 heavy (non-hydrogen) atoms. The number of phenolic OH excluding ortho intramolecular Hbond substituents is 1. The summed E-state index contributed by atoms with van der Waals surface area (Å²) in [5.74, 6) is -18.6. The van der Waals surface area contributed by atoms with E-state index in [-0.39, 0.29) is 121 Å². The number of primary amides is 1. The smallest absolute Gasteiger partial charge is 0.326 e. The van der Waals surface area contributed by atoms with Crippen LogP contribution in [0.25, 0.3) is 0 Å². The number of carboxylic acid groups (broad SMARTS) is 3. The lowest BCUT2D eigenvalue weighted by Crippen LogP contribution is -2.65. The van der Waals surface area contributed by atoms with Crippen molar-refractivity contribution in [3.8, 4) is 5.75 Å². The van der Waals surface area contributed by atoms with E-state index in [0.29, 0.717) is 31.2 Å². The Hall–Kier alpha value is -10.6. The Morgan fingerprint density at radius 2 is 0.791 bits per heavy atom. The Morgan fingerprint density at radius 3 is 1.15 bits per heavy atom. The average molecular weight is 1560 g/mol. The zero-order valence-corrected chi connectivity index (χ0v) is 63.2. The predicted molar refractivity (Wildman–Crippen MR) is 401 cm³/mol. The van der Waals surface area contributed by atoms with Crippen LogP contribution in [-0.2, 0) is 78.3 Å². The van der Waals surface area contributed by atoms with Gasteiger partial charge in [0.1, 0.15) is 71.7 Å². The summed E-state index contributed by atoms with van der Waals surface area (Å²) in [7, 11) is 0. The molecule has 0 fully saturated rings. The van der Waals surface area contributed by atoms with Crippen molar-refractivity contribution in [1.82, 2.24) is 58.5 Å². The van der Waals surface area contributed by atoms with Crippen LogP contribution in [0.2, 0.25) is 0 Å². The molecule has 0 saturated heterocycles. The second-order valence-corrected chi connectivity index (χ2v) is 27.4. The molecule has 0 heterocycles. The number of carbonyl (C=O) groups excluding carboxylic acids is 12. The van der Waals surface area contributed by atoms with Gasteiger partial charge in [-0.05, 0) is 165 Å². The molecule has 42 nitrogen and oxygen atoms in total. The van der Waals surface area contributed by atoms with Crippen molar-refractivity contribution >= 4 is 101 Å². The van der Waals surface area contributed by atoms with Crippen LogP contribution in [0.5, 0.6) is 5.75 Å². The van der Waals surface area contributed by atoms with E-state index in [4.69, 9.17) is 51.6 Å². The lowest BCUT2D eigenvalue weighted by molar-refractivity contribution is -0.147. The number of nitrogens with zero attached hydrogens (tertiary/aromatic N) is 2. The number of benzene rings is 1. The summed E-state index contributed by atoms with van der Waals surface area (Å²) in [6, 6.07) is -11.7. The minimum atomic E-state index is -1.95. The number of nitrogens with one attached hydrogen (secondary N) is 11. The third-order valence-electron chi connectivity index (χ3n) is 17.0. The van der Waals surface area contributed by atoms with Crippen LogP contribution in [0, 0.1) is 11.8 Å². The van der Waals surface area contributed by atoms with Gasteiger partial charge in [-0.15, -0.1) is 0 Å². The van der Waals surface area contributed by atoms with Crippen LogP contribution < -0.4 is 110 Å². The van der Waals surface area contributed by atoms with Gasteiger partial charge in [-0.2, -0.15) is 0 Å². The van der Waals surface area contributed by atoms with Crippen molar-refractivity contribution in [2.45, 2.75) is 235 Å². The van der Waals surface area contributed by atoms with Gasteiger partial charge in [0.2, 0.25) is 70.9 Å². The van der Waals surface area contributed by atoms with Crippen molar-refractivity contribution in [1.29, 1.82) is 0 Å². The number of nitrogens with two attached hydrogens (primary N) is 9. The number of aliphatic hydroxyl groups is 1. The third-order valence-corrected chi connectivity index (χ3v) is 17.0. The van der Waals surface area contributed by atoms with E-state index in [1.807, 2.05) is 0 Å². The molecule has 0 aliphatic heterocycles. The van der Waals surface area contributed by atoms with Gasteiger partial charge in [0, 0.05) is 25.9 Å². The standard InChI is InChI=1S/C68H118N22O20/c1-36(2)34-68(5,65(110)89-53(37(3)4)63(107)86-46(23-25-50(73)93)59(103)81-43(16-8-11-29-71)57(101)87-48(64(108)109)33-52(96)97)90-62(106)45(18-13-31-79-67(76)77)84-56(100)42(15-7-10-28-70)83-61(105)49(35-91)88-58(102)44(17-12-30-78-66(74)75)82-60(104)47(24-26-51(94)95)85-55(99)41(14-6-9-27-69)80-54(98)40(72)32-38-19-21-39(92)22-20-38/h19-22,36-37,40-49,53,91-92H,6-18,23-35,69-72H2,1-5H3,(H2,73,93)(H,80,98)(H,81,103)(H,82,104)(H,83,105)(H,84,100)(H,85,99)(H,86,107)(H,87,101)(H,88,102)(H,89,110)(H,90,106)(H,94,95)(H,96,97)(H,108,109)(H4,74,75,78)(H4,76,77,79)/t40-,41+,42+,43+,44+,45+,46+,47+,48+,49+,53+,68+/m1/s1. The number of guanidine groups is 2. The summed E-state index contributed by atoms with van der Waals surface area (Å²) in [4.78, 5) is 212. The number of carboxylic acids is 3. The highest BCUT2D eigenvalue weighted by Crippen LogP contribution is 2.21. The van der Waals surface area contributed by atoms with Crippen molar-refractivity contribution in [2.24, 2.45) is 73.4 Å². The number of amides is 12. The first-order chi connectivity index (χ1) is 51.7. The molecule has 12 amide bonds. The summed E-state index contributed by atoms with van der Waals surface area (Å²) in [5.41, 5.74) is 49.6. The number of carbonyl (C=O) groups is 15. The van der Waals surface area contributed by atoms with Gasteiger partial charge >= 0.3 is 17.9 Å². The fourth-order valence-corrected chi connectivity index (χ4v) is 11.1. The first-order valence-electron chi connectivity index (χ1n) is 36.4. The lowest BCUT2D eigenvalue weighted by Gasteiger charge is -2.35. The number of phenols is 1. The zero-order valence-electron chi connectivity index (χ0n) is 63.2. The minimum absolute atomic E-state index is 0.00228. The molecule has 1 rings (SSSR count). The van der Waals surface area contributed by atoms with Gasteiger partial charge in [0.25, 0.3) is 0 Å². The van der Waals surface area contributed by atoms with Crippen LogP contribution in [0.4, 0.5) is 0 Å². The van der Waals surface area contributed by atoms with Gasteiger partial charge in [0.15, 0.2) is 11.9 Å². The molecule has 0 radical (unpaired) electrons. The monoisotopic (exact) mass is 1560 g/mol. The van der Waals surface area contributed by atoms with E-state index >= 15 is 0 Å². The number of hydrogen-bond donors (Lipinski definition) is 25. The molecule has 0 spiro atoms. The number of hydrogen-bond acceptors (Lipinski definition) is 23. The summed E-state index contributed by atoms with van der Waals surface area (Å²) in [5, 5.41) is 76.3. The lowest BCUT2D eigenvalue weighted by atomic mass is 9.88. The zero-order chi connectivity index (χ0) is 83.4. The molecule has 0 aliphatic rings. The molecule has 1 aromatic carbocycles. The summed E-state index contributed by atoms with van der Waals surface area (Å²) < 4.78 is 0. The van der Waals surface area contributed by atoms with Crippen molar-refractivity contribution in [3.05, 3.63) is 29.8 Å². The maximum atomic E-state index is 14.8. The highest BCUT2D eigenvalue weighted by molar-refractivity contribution is 6.00. The van der Waals surface area contributed by atoms with Crippen LogP contribution in [0.3, 0.4) is 0 Å². The highest BCUT2D eigenvalue weighted by atomic mass is 16.4. The van der Waals surface area contributed by atoms with E-state index in [0.717, 1.165) is 0 Å². The third kappa shape index (κ3) is 39.0. The van der Waals surface area contributed by atoms with Crippen LogP contribution in [0.15, 0.2) is 34.3 Å². The molecule has 620 valence electrons. The summed E-state index contributed by atoms with van der Waals surface area (Å²) in [6.45, 7) is 6.94. The molecular formula is C68H118N22O20. The van der Waals surface area contributed by atoms with Crippen molar-refractivity contribution in [3.63, 3.8) is 0 Å². The molecule has 0 unspecified atom stereocenters. The van der Waals surface area contributed by atoms with E-state index in [2.05, 4.69) is 68.5 Å². The number of unbranched alkanes of at least 4 members (excludes halogenated alkanes) is 3. The molecule has 0 aliphatic carbocycles. The minimum Gasteiger partial charge on any atom is -0.508 e. The number of aliphatic hydroxyl groups excluding tert-OH is 1. The van der Waals surface area contributed by atoms with E-state index < -0.39 is 211 Å². The fourth-order valence-electron chi connectivity index (χ4n) is 11.1. The molecule has 42 heteroatoms. The van der Waals surface area contributed by atoms with E-state index in [1.165, 1.54) is 32.9 Å². The molecule has 34 N–H and O–H groups in total. The summed E-state index contributed by atoms with van der Waals surface area (Å²) >= 11 is 0. The number of aliphatic carboxylic acids is 3. The largest absolute Gasteiger partial charge is 0.508 e. The average Bonchev–Trinajstić information content (AvgIpc) is 0.814. The molecule has 12 atom stereocenters. The summed E-state index contributed by atoms with van der Waals surface area (Å²) in [6.07, 6.45) is -2.58. The first kappa shape index (κ1) is 97.4. The van der Waals surface area contributed by atoms with Crippen LogP contribution in [-0.4, -0.2) is 238 Å². The molecule has 0 bridgehead atoms. The molecule has 0 saturated carbocycles. The molecule has 0 aromatic heterocycles. The van der Waals surface area contributed by atoms with Crippen LogP contribution >= 0.6 is 0 Å². The first-order valence-corrected chi connectivity index (χ1v) is 36.4. The molecular weight excluding hydrogens is 1440 g/mol. The Labute approximate surface area is 637 Å². The van der Waals surface area contributed by atoms with Gasteiger partial charge in [-0.25, -0.2) is 4.79 Å². The maximum absolute atomic E-state index is 14.8. The predicted octanol–water partition coefficient (Wildman–Crippen LogP) is -7.14. The van der Waals surface area contributed by atoms with E-state index in [9.17, 15) is 97.5 Å². The normalized spacial score (nSPS) is 14.7. The second-order valence-electron chi connectivity index (χ2n) is 27.4. The second kappa shape index (κ2) is 51.7. The Balaban J connectivity index is 3.78. The van der Waals surface area contributed by atoms with E-state index in [1.54, 1.807) is 26.0 Å². The maximum Gasteiger partial charge on any atom is 0.326 e. The number of rotatable bonds is 57. The highest BCUT2D eigenvalue weighted by Gasteiger charge is 2.42. The topological polar surface area (TPSA) is 748 Å². The molecule has 1 aromatic rings. The fraction of sp³-hybridized carbons (Fsp3) is 0.662. The van der Waals surface area contributed by atoms with Gasteiger partial charge in [0.05, 0.1) is 19.1 Å². The Kier molecular flexibility index (Phi) is 45.8. The Morgan fingerprint density at radius 1 is 0.436 bits per heavy atom. The quantitative estimate of drug-likeness (QED) is 0.0164. The van der Waals surface area contributed by atoms with Crippen molar-refractivity contribution < 1.29 is 97.5 Å². The van der Waals surface area contributed by atoms with Gasteiger partial charge < -0.3 is 136 Å². The number of aliphatic imine (C=N–C) groups is 2. The van der Waals surface area contributed by atoms with Gasteiger partial charge in [-0.3, -0.25) is 77.1 Å². The van der Waals surface area contributed by atoms with Gasteiger partial charge in [-0.1, -0.05) is 39.8 Å². The number of aromatic hydroxyl groups is 1. The SMILES string of the molecule is CC(C)C[C@](C)(NC(=O)[C@H](CCCN=C(N)N)NC(=O)[C@H](CCCCN)NC(=O)[C@H](CO)NC(=O)[C@H](CCCN=C(N)N)NC(=O)[C@H](CCC(=O)O)NC(=O)[C@H](CCCCN)NC(=O)[C@H](N)Cc1ccc(O)cc1)C(=O)N[C@H](C(=O)N[C@@H](CCC(N)=O)C(=O)N[C@@H](CCCCN)C(=O)N[C@@H](CC(=O)O)C(=O)O)C(C)C. The van der Waals surface area contributed by atoms with Crippen molar-refractivity contribution in [2.75, 3.05) is 39.3 Å². The Bertz CT molecular complexity index is 3270. The van der Waals surface area contributed by atoms with Crippen LogP contribution in [0.1, 0.15) is 162 Å².